The van der Waals surface area contributed by atoms with Crippen molar-refractivity contribution in [3.63, 3.8) is 0 Å². The molecule has 0 aromatic heterocycles. The summed E-state index contributed by atoms with van der Waals surface area (Å²) in [7, 11) is 0. The van der Waals surface area contributed by atoms with Crippen molar-refractivity contribution in [3.05, 3.63) is 0 Å². The second-order valence-electron chi connectivity index (χ2n) is 9.58. The van der Waals surface area contributed by atoms with E-state index in [2.05, 4.69) is 13.8 Å². The van der Waals surface area contributed by atoms with E-state index < -0.39 is 5.97 Å². The molecule has 0 aromatic rings. The van der Waals surface area contributed by atoms with E-state index >= 15 is 0 Å². The van der Waals surface area contributed by atoms with Crippen LogP contribution in [0.25, 0.3) is 0 Å². The molecule has 1 N–H and O–H groups in total. The number of carboxylic acids is 1. The predicted molar refractivity (Wildman–Crippen MR) is 86.2 cm³/mol. The van der Waals surface area contributed by atoms with Crippen molar-refractivity contribution in [2.45, 2.75) is 77.7 Å². The molecule has 4 aliphatic rings. The number of fused-ring (bicyclic) bond motifs is 5. The normalized spacial score (nSPS) is 55.6. The minimum Gasteiger partial charge on any atom is -0.550 e. The highest BCUT2D eigenvalue weighted by Crippen LogP contribution is 2.67. The second kappa shape index (κ2) is 5.21. The summed E-state index contributed by atoms with van der Waals surface area (Å²) in [5.74, 6) is 1.66. The molecule has 3 nitrogen and oxygen atoms in total. The van der Waals surface area contributed by atoms with Crippen LogP contribution in [0.1, 0.15) is 71.6 Å². The lowest BCUT2D eigenvalue weighted by Crippen LogP contribution is -2.55. The summed E-state index contributed by atoms with van der Waals surface area (Å²) in [5, 5.41) is 21.7. The van der Waals surface area contributed by atoms with E-state index in [1.54, 1.807) is 0 Å². The average molecular weight is 319 g/mol. The van der Waals surface area contributed by atoms with E-state index in [0.717, 1.165) is 44.4 Å². The number of aliphatic carboxylic acids is 1. The lowest BCUT2D eigenvalue weighted by molar-refractivity contribution is -0.315. The molecule has 4 saturated carbocycles. The van der Waals surface area contributed by atoms with Crippen LogP contribution in [0.15, 0.2) is 0 Å². The van der Waals surface area contributed by atoms with Crippen molar-refractivity contribution < 1.29 is 15.0 Å². The van der Waals surface area contributed by atoms with Gasteiger partial charge in [-0.05, 0) is 92.3 Å². The Kier molecular flexibility index (Phi) is 3.61. The summed E-state index contributed by atoms with van der Waals surface area (Å²) in [6.07, 6.45) is 9.65. The van der Waals surface area contributed by atoms with Gasteiger partial charge in [0.15, 0.2) is 0 Å². The number of carboxylic acid groups (broad SMARTS) is 1. The minimum absolute atomic E-state index is 0.0304. The summed E-state index contributed by atoms with van der Waals surface area (Å²) in [6, 6.07) is 0. The third kappa shape index (κ3) is 2.14. The van der Waals surface area contributed by atoms with Crippen molar-refractivity contribution in [2.75, 3.05) is 0 Å². The highest BCUT2D eigenvalue weighted by molar-refractivity contribution is 5.69. The maximum Gasteiger partial charge on any atom is 0.0543 e. The smallest absolute Gasteiger partial charge is 0.0543 e. The van der Waals surface area contributed by atoms with Crippen LogP contribution < -0.4 is 5.11 Å². The molecule has 0 unspecified atom stereocenters. The van der Waals surface area contributed by atoms with E-state index in [9.17, 15) is 15.0 Å². The third-order valence-electron chi connectivity index (χ3n) is 8.92. The van der Waals surface area contributed by atoms with Crippen LogP contribution >= 0.6 is 0 Å². The van der Waals surface area contributed by atoms with Gasteiger partial charge in [0.1, 0.15) is 0 Å². The van der Waals surface area contributed by atoms with Gasteiger partial charge in [0.2, 0.25) is 0 Å². The molecule has 8 atom stereocenters. The number of aliphatic hydroxyl groups is 1. The topological polar surface area (TPSA) is 60.4 Å². The Bertz CT molecular complexity index is 503. The molecule has 0 aromatic carbocycles. The van der Waals surface area contributed by atoms with Gasteiger partial charge in [0, 0.05) is 11.9 Å². The first-order valence-electron chi connectivity index (χ1n) is 9.75. The standard InChI is InChI=1S/C20H32O3/c1-19-9-7-13(21)11-12(19)3-4-14-15-5-6-17(18(22)23)20(15,2)10-8-16(14)19/h12-17,21H,3-11H2,1-2H3,(H,22,23)/p-1/t12-,13-,14+,15-,16-,17-,19+,20+/m1/s1. The van der Waals surface area contributed by atoms with Gasteiger partial charge in [-0.2, -0.15) is 0 Å². The number of carbonyl (C=O) groups excluding carboxylic acids is 1. The van der Waals surface area contributed by atoms with Gasteiger partial charge >= 0.3 is 0 Å². The average Bonchev–Trinajstić information content (AvgIpc) is 2.85. The lowest BCUT2D eigenvalue weighted by atomic mass is 9.44. The molecule has 23 heavy (non-hydrogen) atoms. The van der Waals surface area contributed by atoms with Crippen LogP contribution in [-0.4, -0.2) is 17.2 Å². The maximum absolute atomic E-state index is 11.6. The molecule has 0 aliphatic heterocycles. The first-order chi connectivity index (χ1) is 10.9. The largest absolute Gasteiger partial charge is 0.550 e. The van der Waals surface area contributed by atoms with Crippen LogP contribution in [0.4, 0.5) is 0 Å². The first kappa shape index (κ1) is 15.9. The minimum atomic E-state index is -0.811. The van der Waals surface area contributed by atoms with E-state index in [1.165, 1.54) is 19.3 Å². The Hall–Kier alpha value is -0.570. The van der Waals surface area contributed by atoms with Gasteiger partial charge < -0.3 is 15.0 Å². The zero-order chi connectivity index (χ0) is 16.4. The third-order valence-corrected chi connectivity index (χ3v) is 8.92. The summed E-state index contributed by atoms with van der Waals surface area (Å²) in [5.41, 5.74) is 0.348. The number of rotatable bonds is 1. The summed E-state index contributed by atoms with van der Waals surface area (Å²) >= 11 is 0. The van der Waals surface area contributed by atoms with Gasteiger partial charge in [-0.25, -0.2) is 0 Å². The first-order valence-corrected chi connectivity index (χ1v) is 9.75. The van der Waals surface area contributed by atoms with Crippen molar-refractivity contribution in [1.82, 2.24) is 0 Å². The van der Waals surface area contributed by atoms with Crippen LogP contribution in [0.3, 0.4) is 0 Å². The molecular weight excluding hydrogens is 288 g/mol. The Morgan fingerprint density at radius 3 is 2.39 bits per heavy atom. The molecule has 4 aliphatic carbocycles. The quantitative estimate of drug-likeness (QED) is 0.808. The highest BCUT2D eigenvalue weighted by Gasteiger charge is 2.60. The van der Waals surface area contributed by atoms with E-state index in [4.69, 9.17) is 0 Å². The molecule has 130 valence electrons. The Labute approximate surface area is 139 Å². The molecule has 0 amide bonds. The highest BCUT2D eigenvalue weighted by atomic mass is 16.4. The molecule has 4 rings (SSSR count). The van der Waals surface area contributed by atoms with Gasteiger partial charge in [-0.3, -0.25) is 0 Å². The van der Waals surface area contributed by atoms with Crippen molar-refractivity contribution in [1.29, 1.82) is 0 Å². The van der Waals surface area contributed by atoms with Gasteiger partial charge in [0.25, 0.3) is 0 Å². The molecule has 0 bridgehead atoms. The molecule has 3 heteroatoms. The van der Waals surface area contributed by atoms with Gasteiger partial charge in [-0.1, -0.05) is 13.8 Å². The zero-order valence-corrected chi connectivity index (χ0v) is 14.6. The Morgan fingerprint density at radius 1 is 0.957 bits per heavy atom. The lowest BCUT2D eigenvalue weighted by Gasteiger charge is -2.61. The molecule has 4 fully saturated rings. The van der Waals surface area contributed by atoms with Crippen molar-refractivity contribution in [2.24, 2.45) is 40.4 Å². The summed E-state index contributed by atoms with van der Waals surface area (Å²) < 4.78 is 0. The van der Waals surface area contributed by atoms with Crippen LogP contribution in [0.2, 0.25) is 0 Å². The SMILES string of the molecule is C[C@]12CC[C@@H](O)C[C@H]1CC[C@@H]1[C@H]2CC[C@]2(C)[C@@H](C(=O)[O-])CC[C@H]12. The fourth-order valence-corrected chi connectivity index (χ4v) is 7.62. The van der Waals surface area contributed by atoms with E-state index in [0.29, 0.717) is 23.2 Å². The molecule has 0 spiro atoms. The predicted octanol–water partition coefficient (Wildman–Crippen LogP) is 2.76. The molecule has 0 radical (unpaired) electrons. The Morgan fingerprint density at radius 2 is 1.65 bits per heavy atom. The number of carbonyl (C=O) groups is 1. The van der Waals surface area contributed by atoms with Gasteiger partial charge in [-0.15, -0.1) is 0 Å². The van der Waals surface area contributed by atoms with Crippen LogP contribution in [0, 0.1) is 40.4 Å². The number of hydrogen-bond acceptors (Lipinski definition) is 3. The number of aliphatic hydroxyl groups excluding tert-OH is 1. The number of hydrogen-bond donors (Lipinski definition) is 1. The van der Waals surface area contributed by atoms with E-state index in [1.807, 2.05) is 0 Å². The summed E-state index contributed by atoms with van der Waals surface area (Å²) in [6.45, 7) is 4.72. The molecular formula is C20H31O3-. The van der Waals surface area contributed by atoms with Crippen LogP contribution in [0.5, 0.6) is 0 Å². The summed E-state index contributed by atoms with van der Waals surface area (Å²) in [4.78, 5) is 11.6. The second-order valence-corrected chi connectivity index (χ2v) is 9.58. The Balaban J connectivity index is 1.61. The molecule has 0 heterocycles. The monoisotopic (exact) mass is 319 g/mol. The molecule has 0 saturated heterocycles. The van der Waals surface area contributed by atoms with Crippen LogP contribution in [-0.2, 0) is 4.79 Å². The van der Waals surface area contributed by atoms with E-state index in [-0.39, 0.29) is 17.4 Å². The maximum atomic E-state index is 11.6. The fraction of sp³-hybridized carbons (Fsp3) is 0.950. The van der Waals surface area contributed by atoms with Crippen molar-refractivity contribution in [3.8, 4) is 0 Å². The van der Waals surface area contributed by atoms with Gasteiger partial charge in [0.05, 0.1) is 6.10 Å². The zero-order valence-electron chi connectivity index (χ0n) is 14.6. The van der Waals surface area contributed by atoms with Crippen molar-refractivity contribution >= 4 is 5.97 Å². The fourth-order valence-electron chi connectivity index (χ4n) is 7.62.